The van der Waals surface area contributed by atoms with Crippen LogP contribution in [0.25, 0.3) is 44.0 Å². The molecular formula is C33H28ClN3O. The second-order valence-electron chi connectivity index (χ2n) is 9.55. The predicted molar refractivity (Wildman–Crippen MR) is 159 cm³/mol. The van der Waals surface area contributed by atoms with Gasteiger partial charge < -0.3 is 9.88 Å². The molecule has 4 aromatic carbocycles. The lowest BCUT2D eigenvalue weighted by molar-refractivity contribution is -0.118. The summed E-state index contributed by atoms with van der Waals surface area (Å²) < 4.78 is 0. The van der Waals surface area contributed by atoms with Gasteiger partial charge >= 0.3 is 0 Å². The molecule has 0 unspecified atom stereocenters. The molecule has 1 amide bonds. The zero-order valence-corrected chi connectivity index (χ0v) is 22.0. The van der Waals surface area contributed by atoms with E-state index in [0.717, 1.165) is 68.1 Å². The molecule has 2 aromatic heterocycles. The number of carbonyl (C=O) groups excluding carboxylic acids is 1. The molecule has 6 aromatic rings. The molecule has 5 heteroatoms. The predicted octanol–water partition coefficient (Wildman–Crippen LogP) is 8.57. The van der Waals surface area contributed by atoms with Crippen LogP contribution in [0.2, 0.25) is 5.02 Å². The minimum atomic E-state index is 0.132. The molecule has 4 nitrogen and oxygen atoms in total. The number of fused-ring (bicyclic) bond motifs is 3. The summed E-state index contributed by atoms with van der Waals surface area (Å²) in [4.78, 5) is 23.9. The Bertz CT molecular complexity index is 1780. The summed E-state index contributed by atoms with van der Waals surface area (Å²) in [6, 6.07) is 32.6. The lowest BCUT2D eigenvalue weighted by Crippen LogP contribution is -2.30. The quantitative estimate of drug-likeness (QED) is 0.230. The number of nitrogens with one attached hydrogen (secondary N) is 1. The van der Waals surface area contributed by atoms with E-state index in [0.29, 0.717) is 18.0 Å². The third-order valence-electron chi connectivity index (χ3n) is 7.21. The van der Waals surface area contributed by atoms with E-state index < -0.39 is 0 Å². The summed E-state index contributed by atoms with van der Waals surface area (Å²) in [7, 11) is 0. The molecule has 0 bridgehead atoms. The highest BCUT2D eigenvalue weighted by atomic mass is 35.5. The van der Waals surface area contributed by atoms with E-state index in [2.05, 4.69) is 41.4 Å². The number of benzene rings is 4. The number of rotatable bonds is 7. The van der Waals surface area contributed by atoms with Crippen LogP contribution in [-0.4, -0.2) is 22.4 Å². The molecule has 0 aliphatic carbocycles. The molecule has 0 atom stereocenters. The van der Waals surface area contributed by atoms with Gasteiger partial charge in [-0.15, -0.1) is 0 Å². The standard InChI is InChI=1S/C33H28ClN3O/c1-2-37(31-15-7-11-22-9-3-5-12-25(22)31)32(38)16-8-13-26-27-21-24(34)18-20-29(27)36-33(26)30-19-17-23-10-4-6-14-28(23)35-30/h3-7,9-12,14-15,17-21,36H,2,8,13,16H2,1H3. The van der Waals surface area contributed by atoms with Crippen LogP contribution >= 0.6 is 11.6 Å². The van der Waals surface area contributed by atoms with Gasteiger partial charge in [0.2, 0.25) is 5.91 Å². The van der Waals surface area contributed by atoms with Crippen molar-refractivity contribution >= 4 is 55.8 Å². The molecule has 0 radical (unpaired) electrons. The fraction of sp³-hybridized carbons (Fsp3) is 0.152. The third kappa shape index (κ3) is 4.52. The topological polar surface area (TPSA) is 49.0 Å². The molecular weight excluding hydrogens is 490 g/mol. The van der Waals surface area contributed by atoms with Gasteiger partial charge in [0.05, 0.1) is 22.6 Å². The molecule has 2 heterocycles. The van der Waals surface area contributed by atoms with Crippen molar-refractivity contribution in [3.05, 3.63) is 108 Å². The maximum Gasteiger partial charge on any atom is 0.226 e. The highest BCUT2D eigenvalue weighted by Crippen LogP contribution is 2.34. The fourth-order valence-corrected chi connectivity index (χ4v) is 5.55. The van der Waals surface area contributed by atoms with E-state index in [1.54, 1.807) is 0 Å². The first-order valence-electron chi connectivity index (χ1n) is 13.1. The van der Waals surface area contributed by atoms with Crippen LogP contribution in [0.1, 0.15) is 25.3 Å². The number of para-hydroxylation sites is 1. The van der Waals surface area contributed by atoms with Gasteiger partial charge in [0.25, 0.3) is 0 Å². The molecule has 38 heavy (non-hydrogen) atoms. The number of aryl methyl sites for hydroxylation is 1. The minimum Gasteiger partial charge on any atom is -0.353 e. The van der Waals surface area contributed by atoms with E-state index in [1.165, 1.54) is 0 Å². The van der Waals surface area contributed by atoms with Crippen molar-refractivity contribution < 1.29 is 4.79 Å². The van der Waals surface area contributed by atoms with Crippen molar-refractivity contribution in [1.82, 2.24) is 9.97 Å². The number of aromatic amines is 1. The van der Waals surface area contributed by atoms with Crippen LogP contribution < -0.4 is 4.90 Å². The number of amides is 1. The molecule has 6 rings (SSSR count). The van der Waals surface area contributed by atoms with Crippen molar-refractivity contribution in [1.29, 1.82) is 0 Å². The Morgan fingerprint density at radius 1 is 0.868 bits per heavy atom. The number of aromatic nitrogens is 2. The Balaban J connectivity index is 1.29. The van der Waals surface area contributed by atoms with Crippen LogP contribution in [-0.2, 0) is 11.2 Å². The van der Waals surface area contributed by atoms with E-state index in [4.69, 9.17) is 16.6 Å². The lowest BCUT2D eigenvalue weighted by atomic mass is 10.0. The number of anilines is 1. The number of H-pyrrole nitrogens is 1. The van der Waals surface area contributed by atoms with E-state index >= 15 is 0 Å². The van der Waals surface area contributed by atoms with E-state index in [1.807, 2.05) is 72.5 Å². The SMILES string of the molecule is CCN(C(=O)CCCc1c(-c2ccc3ccccc3n2)[nH]c2ccc(Cl)cc12)c1cccc2ccccc12. The Morgan fingerprint density at radius 3 is 2.53 bits per heavy atom. The Kier molecular flexibility index (Phi) is 6.57. The van der Waals surface area contributed by atoms with Crippen molar-refractivity contribution in [3.8, 4) is 11.4 Å². The van der Waals surface area contributed by atoms with Crippen molar-refractivity contribution in [3.63, 3.8) is 0 Å². The molecule has 1 N–H and O–H groups in total. The minimum absolute atomic E-state index is 0.132. The zero-order chi connectivity index (χ0) is 26.1. The molecule has 0 fully saturated rings. The van der Waals surface area contributed by atoms with Crippen molar-refractivity contribution in [2.24, 2.45) is 0 Å². The van der Waals surface area contributed by atoms with Gasteiger partial charge in [0.15, 0.2) is 0 Å². The zero-order valence-electron chi connectivity index (χ0n) is 21.2. The summed E-state index contributed by atoms with van der Waals surface area (Å²) >= 11 is 6.39. The van der Waals surface area contributed by atoms with Crippen LogP contribution in [0.4, 0.5) is 5.69 Å². The monoisotopic (exact) mass is 517 g/mol. The molecule has 0 spiro atoms. The van der Waals surface area contributed by atoms with Crippen LogP contribution in [0.3, 0.4) is 0 Å². The van der Waals surface area contributed by atoms with Crippen LogP contribution in [0.15, 0.2) is 97.1 Å². The number of hydrogen-bond donors (Lipinski definition) is 1. The maximum atomic E-state index is 13.5. The summed E-state index contributed by atoms with van der Waals surface area (Å²) in [6.45, 7) is 2.66. The van der Waals surface area contributed by atoms with Gasteiger partial charge in [0.1, 0.15) is 0 Å². The second-order valence-corrected chi connectivity index (χ2v) is 9.98. The van der Waals surface area contributed by atoms with E-state index in [9.17, 15) is 4.79 Å². The second kappa shape index (κ2) is 10.3. The summed E-state index contributed by atoms with van der Waals surface area (Å²) in [5.41, 5.74) is 5.97. The molecule has 0 saturated carbocycles. The van der Waals surface area contributed by atoms with Gasteiger partial charge in [-0.25, -0.2) is 4.98 Å². The average molecular weight is 518 g/mol. The number of halogens is 1. The number of hydrogen-bond acceptors (Lipinski definition) is 2. The van der Waals surface area contributed by atoms with Gasteiger partial charge in [-0.1, -0.05) is 72.3 Å². The molecule has 0 aliphatic rings. The first-order valence-corrected chi connectivity index (χ1v) is 13.4. The average Bonchev–Trinajstić information content (AvgIpc) is 3.31. The van der Waals surface area contributed by atoms with Crippen LogP contribution in [0.5, 0.6) is 0 Å². The normalized spacial score (nSPS) is 11.4. The van der Waals surface area contributed by atoms with Crippen molar-refractivity contribution in [2.75, 3.05) is 11.4 Å². The number of nitrogens with zero attached hydrogens (tertiary/aromatic N) is 2. The maximum absolute atomic E-state index is 13.5. The summed E-state index contributed by atoms with van der Waals surface area (Å²) in [5, 5.41) is 5.12. The van der Waals surface area contributed by atoms with Crippen molar-refractivity contribution in [2.45, 2.75) is 26.2 Å². The van der Waals surface area contributed by atoms with Gasteiger partial charge in [-0.3, -0.25) is 4.79 Å². The van der Waals surface area contributed by atoms with Crippen LogP contribution in [0, 0.1) is 0 Å². The largest absolute Gasteiger partial charge is 0.353 e. The molecule has 0 aliphatic heterocycles. The molecule has 0 saturated heterocycles. The Hall–Kier alpha value is -4.15. The smallest absolute Gasteiger partial charge is 0.226 e. The summed E-state index contributed by atoms with van der Waals surface area (Å²) in [5.74, 6) is 0.132. The number of pyridine rings is 1. The first kappa shape index (κ1) is 24.2. The van der Waals surface area contributed by atoms with Gasteiger partial charge in [-0.05, 0) is 67.1 Å². The van der Waals surface area contributed by atoms with Gasteiger partial charge in [0, 0.05) is 39.7 Å². The third-order valence-corrected chi connectivity index (χ3v) is 7.45. The lowest BCUT2D eigenvalue weighted by Gasteiger charge is -2.23. The van der Waals surface area contributed by atoms with E-state index in [-0.39, 0.29) is 5.91 Å². The first-order chi connectivity index (χ1) is 18.6. The molecule has 188 valence electrons. The Labute approximate surface area is 226 Å². The number of carbonyl (C=O) groups is 1. The summed E-state index contributed by atoms with van der Waals surface area (Å²) in [6.07, 6.45) is 1.91. The fourth-order valence-electron chi connectivity index (χ4n) is 5.38. The Morgan fingerprint density at radius 2 is 1.66 bits per heavy atom. The van der Waals surface area contributed by atoms with Gasteiger partial charge in [-0.2, -0.15) is 0 Å². The highest BCUT2D eigenvalue weighted by Gasteiger charge is 2.19. The highest BCUT2D eigenvalue weighted by molar-refractivity contribution is 6.31.